The molecule has 0 bridgehead atoms. The molecule has 0 atom stereocenters. The largest absolute Gasteiger partial charge is 0.416 e. The Morgan fingerprint density at radius 3 is 2.35 bits per heavy atom. The van der Waals surface area contributed by atoms with Crippen LogP contribution in [-0.2, 0) is 12.7 Å². The normalized spacial score (nSPS) is 12.2. The van der Waals surface area contributed by atoms with Gasteiger partial charge in [0.1, 0.15) is 0 Å². The van der Waals surface area contributed by atoms with Crippen molar-refractivity contribution in [1.29, 1.82) is 0 Å². The average molecular weight is 402 g/mol. The summed E-state index contributed by atoms with van der Waals surface area (Å²) in [6.07, 6.45) is -4.48. The number of rotatable bonds is 4. The van der Waals surface area contributed by atoms with E-state index in [-0.39, 0.29) is 16.6 Å². The summed E-state index contributed by atoms with van der Waals surface area (Å²) in [5.74, 6) is 0.464. The van der Waals surface area contributed by atoms with Gasteiger partial charge in [0.2, 0.25) is 5.95 Å². The minimum absolute atomic E-state index is 0.0237. The van der Waals surface area contributed by atoms with Crippen LogP contribution in [-0.4, -0.2) is 9.55 Å². The Morgan fingerprint density at radius 1 is 1.12 bits per heavy atom. The first-order valence-electron chi connectivity index (χ1n) is 7.94. The van der Waals surface area contributed by atoms with E-state index < -0.39 is 11.7 Å². The van der Waals surface area contributed by atoms with Crippen molar-refractivity contribution in [3.8, 4) is 0 Å². The molecule has 1 aromatic heterocycles. The van der Waals surface area contributed by atoms with Gasteiger partial charge in [-0.25, -0.2) is 4.98 Å². The van der Waals surface area contributed by atoms with Crippen molar-refractivity contribution in [3.63, 3.8) is 0 Å². The molecule has 0 amide bonds. The Balaban J connectivity index is 2.02. The summed E-state index contributed by atoms with van der Waals surface area (Å²) < 4.78 is 40.9. The zero-order valence-electron chi connectivity index (χ0n) is 14.0. The monoisotopic (exact) mass is 401 g/mol. The summed E-state index contributed by atoms with van der Waals surface area (Å²) in [6, 6.07) is 9.20. The Kier molecular flexibility index (Phi) is 5.08. The minimum atomic E-state index is -4.48. The summed E-state index contributed by atoms with van der Waals surface area (Å²) in [7, 11) is 0. The van der Waals surface area contributed by atoms with Crippen molar-refractivity contribution in [2.24, 2.45) is 0 Å². The first-order valence-corrected chi connectivity index (χ1v) is 8.69. The number of fused-ring (bicyclic) bond motifs is 1. The molecule has 26 heavy (non-hydrogen) atoms. The third-order valence-corrected chi connectivity index (χ3v) is 4.49. The Labute approximate surface area is 158 Å². The molecule has 3 nitrogen and oxygen atoms in total. The van der Waals surface area contributed by atoms with Gasteiger partial charge in [-0.15, -0.1) is 0 Å². The van der Waals surface area contributed by atoms with E-state index in [2.05, 4.69) is 10.3 Å². The molecule has 1 N–H and O–H groups in total. The Bertz CT molecular complexity index is 931. The summed E-state index contributed by atoms with van der Waals surface area (Å²) >= 11 is 12.0. The van der Waals surface area contributed by atoms with E-state index in [9.17, 15) is 13.2 Å². The number of nitrogens with zero attached hydrogens (tertiary/aromatic N) is 2. The minimum Gasteiger partial charge on any atom is -0.352 e. The predicted molar refractivity (Wildman–Crippen MR) is 98.9 cm³/mol. The molecule has 0 spiro atoms. The van der Waals surface area contributed by atoms with Crippen molar-refractivity contribution in [1.82, 2.24) is 9.55 Å². The van der Waals surface area contributed by atoms with Crippen LogP contribution in [0.15, 0.2) is 36.4 Å². The highest BCUT2D eigenvalue weighted by molar-refractivity contribution is 6.35. The van der Waals surface area contributed by atoms with Crippen LogP contribution in [0, 0.1) is 0 Å². The van der Waals surface area contributed by atoms with Gasteiger partial charge in [-0.3, -0.25) is 0 Å². The van der Waals surface area contributed by atoms with Crippen LogP contribution in [0.1, 0.15) is 31.0 Å². The van der Waals surface area contributed by atoms with Crippen LogP contribution < -0.4 is 5.32 Å². The summed E-state index contributed by atoms with van der Waals surface area (Å²) in [4.78, 5) is 4.34. The van der Waals surface area contributed by atoms with Gasteiger partial charge in [0.15, 0.2) is 0 Å². The van der Waals surface area contributed by atoms with E-state index in [1.807, 2.05) is 26.0 Å². The summed E-state index contributed by atoms with van der Waals surface area (Å²) in [5.41, 5.74) is 0.844. The fourth-order valence-corrected chi connectivity index (χ4v) is 3.19. The van der Waals surface area contributed by atoms with Gasteiger partial charge in [0.05, 0.1) is 21.6 Å². The molecule has 0 aliphatic heterocycles. The first-order chi connectivity index (χ1) is 12.2. The second-order valence-corrected chi connectivity index (χ2v) is 7.05. The van der Waals surface area contributed by atoms with Crippen molar-refractivity contribution < 1.29 is 13.2 Å². The molecule has 0 fully saturated rings. The van der Waals surface area contributed by atoms with Crippen molar-refractivity contribution >= 4 is 40.2 Å². The Hall–Kier alpha value is -1.92. The second-order valence-electron chi connectivity index (χ2n) is 6.20. The lowest BCUT2D eigenvalue weighted by molar-refractivity contribution is -0.137. The Morgan fingerprint density at radius 2 is 1.77 bits per heavy atom. The molecule has 0 radical (unpaired) electrons. The molecule has 8 heteroatoms. The zero-order valence-corrected chi connectivity index (χ0v) is 15.5. The molecular weight excluding hydrogens is 386 g/mol. The van der Waals surface area contributed by atoms with Gasteiger partial charge in [0, 0.05) is 17.6 Å². The van der Waals surface area contributed by atoms with Crippen LogP contribution in [0.25, 0.3) is 11.0 Å². The van der Waals surface area contributed by atoms with Gasteiger partial charge in [-0.2, -0.15) is 13.2 Å². The highest BCUT2D eigenvalue weighted by atomic mass is 35.5. The number of anilines is 1. The van der Waals surface area contributed by atoms with E-state index in [1.54, 1.807) is 16.7 Å². The standard InChI is InChI=1S/C18H16Cl2F3N3/c1-10(2)26-16-14(20)7-12(18(21,22)23)8-15(16)25-17(26)24-9-11-3-5-13(19)6-4-11/h3-8,10H,9H2,1-2H3,(H,24,25). The van der Waals surface area contributed by atoms with Gasteiger partial charge in [-0.05, 0) is 43.7 Å². The van der Waals surface area contributed by atoms with Crippen molar-refractivity contribution in [2.75, 3.05) is 5.32 Å². The molecule has 0 aliphatic rings. The third kappa shape index (κ3) is 3.76. The van der Waals surface area contributed by atoms with E-state index >= 15 is 0 Å². The number of hydrogen-bond acceptors (Lipinski definition) is 2. The summed E-state index contributed by atoms with van der Waals surface area (Å²) in [6.45, 7) is 4.29. The lowest BCUT2D eigenvalue weighted by Gasteiger charge is -2.15. The lowest BCUT2D eigenvalue weighted by atomic mass is 10.2. The molecule has 1 heterocycles. The smallest absolute Gasteiger partial charge is 0.352 e. The molecule has 3 rings (SSSR count). The van der Waals surface area contributed by atoms with Gasteiger partial charge in [-0.1, -0.05) is 35.3 Å². The van der Waals surface area contributed by atoms with Crippen molar-refractivity contribution in [3.05, 3.63) is 57.6 Å². The predicted octanol–water partition coefficient (Wildman–Crippen LogP) is 6.55. The number of benzene rings is 2. The van der Waals surface area contributed by atoms with Gasteiger partial charge < -0.3 is 9.88 Å². The van der Waals surface area contributed by atoms with E-state index in [0.29, 0.717) is 23.0 Å². The number of aromatic nitrogens is 2. The number of imidazole rings is 1. The van der Waals surface area contributed by atoms with Crippen molar-refractivity contribution in [2.45, 2.75) is 32.6 Å². The molecule has 0 saturated carbocycles. The first kappa shape index (κ1) is 18.9. The molecule has 0 unspecified atom stereocenters. The van der Waals surface area contributed by atoms with Crippen LogP contribution in [0.2, 0.25) is 10.0 Å². The van der Waals surface area contributed by atoms with Gasteiger partial charge >= 0.3 is 6.18 Å². The van der Waals surface area contributed by atoms with Gasteiger partial charge in [0.25, 0.3) is 0 Å². The number of halogens is 5. The van der Waals surface area contributed by atoms with E-state index in [4.69, 9.17) is 23.2 Å². The van der Waals surface area contributed by atoms with Crippen LogP contribution in [0.5, 0.6) is 0 Å². The average Bonchev–Trinajstić information content (AvgIpc) is 2.92. The topological polar surface area (TPSA) is 29.9 Å². The fraction of sp³-hybridized carbons (Fsp3) is 0.278. The zero-order chi connectivity index (χ0) is 19.1. The number of hydrogen-bond donors (Lipinski definition) is 1. The maximum absolute atomic E-state index is 13.0. The molecule has 2 aromatic carbocycles. The highest BCUT2D eigenvalue weighted by Crippen LogP contribution is 2.37. The van der Waals surface area contributed by atoms with Crippen LogP contribution in [0.4, 0.5) is 19.1 Å². The molecule has 0 saturated heterocycles. The quantitative estimate of drug-likeness (QED) is 0.536. The molecule has 3 aromatic rings. The number of nitrogens with one attached hydrogen (secondary N) is 1. The highest BCUT2D eigenvalue weighted by Gasteiger charge is 2.32. The second kappa shape index (κ2) is 7.00. The fourth-order valence-electron chi connectivity index (χ4n) is 2.76. The van der Waals surface area contributed by atoms with Crippen LogP contribution >= 0.6 is 23.2 Å². The third-order valence-electron chi connectivity index (χ3n) is 3.95. The maximum atomic E-state index is 13.0. The molecule has 138 valence electrons. The lowest BCUT2D eigenvalue weighted by Crippen LogP contribution is -2.09. The van der Waals surface area contributed by atoms with E-state index in [0.717, 1.165) is 17.7 Å². The number of alkyl halides is 3. The molecular formula is C18H16Cl2F3N3. The van der Waals surface area contributed by atoms with E-state index in [1.165, 1.54) is 0 Å². The van der Waals surface area contributed by atoms with Crippen LogP contribution in [0.3, 0.4) is 0 Å². The molecule has 0 aliphatic carbocycles. The summed E-state index contributed by atoms with van der Waals surface area (Å²) in [5, 5.41) is 3.83. The SMILES string of the molecule is CC(C)n1c(NCc2ccc(Cl)cc2)nc2cc(C(F)(F)F)cc(Cl)c21. The maximum Gasteiger partial charge on any atom is 0.416 e.